The molecule has 0 aliphatic carbocycles. The second kappa shape index (κ2) is 7.83. The molecule has 2 aromatic rings. The maximum Gasteiger partial charge on any atom is 0.330 e. The Morgan fingerprint density at radius 2 is 2.14 bits per heavy atom. The number of ether oxygens (including phenoxy) is 3. The Balaban J connectivity index is 2.27. The molecule has 0 aliphatic rings. The summed E-state index contributed by atoms with van der Waals surface area (Å²) in [7, 11) is 1.58. The topological polar surface area (TPSA) is 57.7 Å². The highest BCUT2D eigenvalue weighted by atomic mass is 16.5. The average Bonchev–Trinajstić information content (AvgIpc) is 2.55. The Morgan fingerprint density at radius 3 is 2.82 bits per heavy atom. The summed E-state index contributed by atoms with van der Waals surface area (Å²) < 4.78 is 15.8. The van der Waals surface area contributed by atoms with Gasteiger partial charge in [0.05, 0.1) is 13.7 Å². The lowest BCUT2D eigenvalue weighted by Crippen LogP contribution is -1.99. The molecule has 0 saturated heterocycles. The van der Waals surface area contributed by atoms with E-state index in [1.807, 2.05) is 6.07 Å². The van der Waals surface area contributed by atoms with Crippen LogP contribution in [0, 0.1) is 0 Å². The quantitative estimate of drug-likeness (QED) is 0.604. The van der Waals surface area contributed by atoms with E-state index in [-0.39, 0.29) is 0 Å². The average molecular weight is 299 g/mol. The fourth-order valence-electron chi connectivity index (χ4n) is 1.74. The number of aromatic nitrogens is 1. The number of esters is 1. The summed E-state index contributed by atoms with van der Waals surface area (Å²) in [6.45, 7) is 2.10. The summed E-state index contributed by atoms with van der Waals surface area (Å²) in [5.41, 5.74) is 0.722. The van der Waals surface area contributed by atoms with Crippen LogP contribution >= 0.6 is 0 Å². The van der Waals surface area contributed by atoms with Crippen molar-refractivity contribution in [1.82, 2.24) is 4.98 Å². The van der Waals surface area contributed by atoms with Crippen molar-refractivity contribution in [3.8, 4) is 17.4 Å². The van der Waals surface area contributed by atoms with Gasteiger partial charge in [-0.1, -0.05) is 6.07 Å². The molecule has 0 radical (unpaired) electrons. The maximum absolute atomic E-state index is 11.4. The minimum Gasteiger partial charge on any atom is -0.497 e. The van der Waals surface area contributed by atoms with Crippen LogP contribution in [0.5, 0.6) is 17.4 Å². The summed E-state index contributed by atoms with van der Waals surface area (Å²) in [4.78, 5) is 15.5. The van der Waals surface area contributed by atoms with E-state index >= 15 is 0 Å². The van der Waals surface area contributed by atoms with Crippen LogP contribution in [0.1, 0.15) is 12.5 Å². The van der Waals surface area contributed by atoms with E-state index < -0.39 is 5.97 Å². The maximum atomic E-state index is 11.4. The largest absolute Gasteiger partial charge is 0.497 e. The number of carbonyl (C=O) groups excluding carboxylic acids is 1. The zero-order valence-corrected chi connectivity index (χ0v) is 12.5. The van der Waals surface area contributed by atoms with Crippen molar-refractivity contribution in [3.05, 3.63) is 54.2 Å². The second-order valence-electron chi connectivity index (χ2n) is 4.26. The monoisotopic (exact) mass is 299 g/mol. The summed E-state index contributed by atoms with van der Waals surface area (Å²) in [5.74, 6) is 1.25. The summed E-state index contributed by atoms with van der Waals surface area (Å²) in [6.07, 6.45) is 4.63. The number of hydrogen-bond donors (Lipinski definition) is 0. The molecule has 1 aromatic carbocycles. The van der Waals surface area contributed by atoms with Crippen molar-refractivity contribution < 1.29 is 19.0 Å². The third-order valence-electron chi connectivity index (χ3n) is 2.76. The highest BCUT2D eigenvalue weighted by Gasteiger charge is 2.06. The molecule has 1 heterocycles. The smallest absolute Gasteiger partial charge is 0.330 e. The minimum absolute atomic E-state index is 0.336. The number of rotatable bonds is 6. The lowest BCUT2D eigenvalue weighted by Gasteiger charge is -2.09. The van der Waals surface area contributed by atoms with E-state index in [4.69, 9.17) is 14.2 Å². The van der Waals surface area contributed by atoms with Crippen LogP contribution in [-0.2, 0) is 9.53 Å². The molecule has 22 heavy (non-hydrogen) atoms. The zero-order chi connectivity index (χ0) is 15.8. The van der Waals surface area contributed by atoms with Gasteiger partial charge in [-0.25, -0.2) is 9.78 Å². The van der Waals surface area contributed by atoms with Crippen LogP contribution in [0.2, 0.25) is 0 Å². The van der Waals surface area contributed by atoms with E-state index in [1.54, 1.807) is 56.6 Å². The van der Waals surface area contributed by atoms with E-state index in [1.165, 1.54) is 6.08 Å². The van der Waals surface area contributed by atoms with Gasteiger partial charge in [-0.3, -0.25) is 0 Å². The highest BCUT2D eigenvalue weighted by Crippen LogP contribution is 2.29. The fourth-order valence-corrected chi connectivity index (χ4v) is 1.74. The molecule has 0 spiro atoms. The molecule has 0 unspecified atom stereocenters. The minimum atomic E-state index is -0.401. The van der Waals surface area contributed by atoms with Gasteiger partial charge in [0.25, 0.3) is 0 Å². The SMILES string of the molecule is CCOC(=O)/C=C/c1ccc(OC)cc1Oc1ccccn1. The number of methoxy groups -OCH3 is 1. The van der Waals surface area contributed by atoms with Crippen LogP contribution in [0.25, 0.3) is 6.08 Å². The van der Waals surface area contributed by atoms with Crippen molar-refractivity contribution in [2.45, 2.75) is 6.92 Å². The zero-order valence-electron chi connectivity index (χ0n) is 12.5. The number of pyridine rings is 1. The molecule has 2 rings (SSSR count). The standard InChI is InChI=1S/C17H17NO4/c1-3-21-17(19)10-8-13-7-9-14(20-2)12-15(13)22-16-6-4-5-11-18-16/h4-12H,3H2,1-2H3/b10-8+. The van der Waals surface area contributed by atoms with Crippen LogP contribution in [0.3, 0.4) is 0 Å². The van der Waals surface area contributed by atoms with E-state index in [9.17, 15) is 4.79 Å². The third kappa shape index (κ3) is 4.34. The normalized spacial score (nSPS) is 10.5. The first-order valence-electron chi connectivity index (χ1n) is 6.84. The number of benzene rings is 1. The van der Waals surface area contributed by atoms with Crippen molar-refractivity contribution in [2.75, 3.05) is 13.7 Å². The Kier molecular flexibility index (Phi) is 5.54. The lowest BCUT2D eigenvalue weighted by atomic mass is 10.1. The van der Waals surface area contributed by atoms with Gasteiger partial charge >= 0.3 is 5.97 Å². The van der Waals surface area contributed by atoms with Gasteiger partial charge in [0.2, 0.25) is 5.88 Å². The number of carbonyl (C=O) groups is 1. The molecule has 1 aromatic heterocycles. The Hall–Kier alpha value is -2.82. The predicted molar refractivity (Wildman–Crippen MR) is 83.0 cm³/mol. The third-order valence-corrected chi connectivity index (χ3v) is 2.76. The molecule has 0 saturated carbocycles. The lowest BCUT2D eigenvalue weighted by molar-refractivity contribution is -0.137. The Bertz CT molecular complexity index is 653. The van der Waals surface area contributed by atoms with Crippen LogP contribution in [0.4, 0.5) is 0 Å². The van der Waals surface area contributed by atoms with Crippen LogP contribution in [0.15, 0.2) is 48.7 Å². The Morgan fingerprint density at radius 1 is 1.27 bits per heavy atom. The molecule has 114 valence electrons. The van der Waals surface area contributed by atoms with E-state index in [0.717, 1.165) is 5.56 Å². The first-order chi connectivity index (χ1) is 10.7. The molecular formula is C17H17NO4. The van der Waals surface area contributed by atoms with Gasteiger partial charge in [-0.05, 0) is 31.2 Å². The van der Waals surface area contributed by atoms with Gasteiger partial charge < -0.3 is 14.2 Å². The van der Waals surface area contributed by atoms with Crippen molar-refractivity contribution >= 4 is 12.0 Å². The van der Waals surface area contributed by atoms with Gasteiger partial charge in [0.15, 0.2) is 0 Å². The molecule has 5 nitrogen and oxygen atoms in total. The van der Waals surface area contributed by atoms with Gasteiger partial charge in [0.1, 0.15) is 11.5 Å². The summed E-state index contributed by atoms with van der Waals surface area (Å²) in [6, 6.07) is 10.7. The van der Waals surface area contributed by atoms with Crippen molar-refractivity contribution in [3.63, 3.8) is 0 Å². The Labute approximate surface area is 129 Å². The summed E-state index contributed by atoms with van der Waals surface area (Å²) in [5, 5.41) is 0. The molecule has 0 atom stereocenters. The molecule has 5 heteroatoms. The molecular weight excluding hydrogens is 282 g/mol. The molecule has 0 amide bonds. The molecule has 0 aliphatic heterocycles. The van der Waals surface area contributed by atoms with Crippen LogP contribution < -0.4 is 9.47 Å². The van der Waals surface area contributed by atoms with Gasteiger partial charge in [-0.2, -0.15) is 0 Å². The predicted octanol–water partition coefficient (Wildman–Crippen LogP) is 3.46. The first-order valence-corrected chi connectivity index (χ1v) is 6.84. The second-order valence-corrected chi connectivity index (χ2v) is 4.26. The van der Waals surface area contributed by atoms with E-state index in [2.05, 4.69) is 4.98 Å². The van der Waals surface area contributed by atoms with Gasteiger partial charge in [-0.15, -0.1) is 0 Å². The van der Waals surface area contributed by atoms with Crippen molar-refractivity contribution in [1.29, 1.82) is 0 Å². The van der Waals surface area contributed by atoms with Gasteiger partial charge in [0, 0.05) is 30.0 Å². The molecule has 0 bridgehead atoms. The first kappa shape index (κ1) is 15.6. The number of nitrogens with zero attached hydrogens (tertiary/aromatic N) is 1. The van der Waals surface area contributed by atoms with Crippen LogP contribution in [-0.4, -0.2) is 24.7 Å². The summed E-state index contributed by atoms with van der Waals surface area (Å²) >= 11 is 0. The fraction of sp³-hybridized carbons (Fsp3) is 0.176. The van der Waals surface area contributed by atoms with Crippen molar-refractivity contribution in [2.24, 2.45) is 0 Å². The molecule has 0 N–H and O–H groups in total. The molecule has 0 fully saturated rings. The highest BCUT2D eigenvalue weighted by molar-refractivity contribution is 5.87. The number of hydrogen-bond acceptors (Lipinski definition) is 5. The van der Waals surface area contributed by atoms with E-state index in [0.29, 0.717) is 24.0 Å².